The van der Waals surface area contributed by atoms with Crippen molar-refractivity contribution in [1.29, 1.82) is 10.5 Å². The van der Waals surface area contributed by atoms with Gasteiger partial charge in [-0.05, 0) is 72.5 Å². The summed E-state index contributed by atoms with van der Waals surface area (Å²) in [6, 6.07) is 31.5. The van der Waals surface area contributed by atoms with Crippen LogP contribution in [0.1, 0.15) is 36.8 Å². The average molecular weight is 607 g/mol. The highest BCUT2D eigenvalue weighted by Crippen LogP contribution is 2.32. The standard InChI is InChI=1S/C38H30N4O4/c39-23-27(37(43)44)19-25-13-15-35-31(21-25)29-9-3-5-11-33(29)41(35)17-7-1-2-8-18-42-34-12-6-4-10-30(34)32-22-26(14-16-36(32)42)20-28(24-40)38(45)46/h3-6,9-16,19-22H,1-2,7-8,17-18H2,(H,43,44)(H,45,46)/b27-19-,28-20-. The van der Waals surface area contributed by atoms with Crippen LogP contribution in [-0.2, 0) is 22.7 Å². The van der Waals surface area contributed by atoms with Gasteiger partial charge in [0.1, 0.15) is 23.3 Å². The molecule has 46 heavy (non-hydrogen) atoms. The number of aliphatic carboxylic acids is 2. The van der Waals surface area contributed by atoms with E-state index < -0.39 is 11.9 Å². The highest BCUT2D eigenvalue weighted by atomic mass is 16.4. The summed E-state index contributed by atoms with van der Waals surface area (Å²) in [5.41, 5.74) is 5.18. The van der Waals surface area contributed by atoms with Crippen molar-refractivity contribution < 1.29 is 19.8 Å². The van der Waals surface area contributed by atoms with Gasteiger partial charge in [0.2, 0.25) is 0 Å². The van der Waals surface area contributed by atoms with E-state index in [4.69, 9.17) is 0 Å². The molecule has 0 spiro atoms. The number of hydrogen-bond donors (Lipinski definition) is 2. The molecular weight excluding hydrogens is 576 g/mol. The van der Waals surface area contributed by atoms with E-state index in [9.17, 15) is 30.3 Å². The van der Waals surface area contributed by atoms with E-state index in [1.54, 1.807) is 12.1 Å². The first kappa shape index (κ1) is 29.9. The summed E-state index contributed by atoms with van der Waals surface area (Å²) < 4.78 is 4.64. The summed E-state index contributed by atoms with van der Waals surface area (Å²) in [5, 5.41) is 41.1. The number of rotatable bonds is 11. The quantitative estimate of drug-likeness (QED) is 0.0869. The predicted molar refractivity (Wildman–Crippen MR) is 180 cm³/mol. The fraction of sp³-hybridized carbons (Fsp3) is 0.158. The van der Waals surface area contributed by atoms with Crippen LogP contribution in [0.2, 0.25) is 0 Å². The van der Waals surface area contributed by atoms with Crippen molar-refractivity contribution in [1.82, 2.24) is 9.13 Å². The molecule has 0 radical (unpaired) electrons. The minimum Gasteiger partial charge on any atom is -0.477 e. The SMILES string of the molecule is N#C/C(=C/c1ccc2c(c1)c1ccccc1n2CCCCCCn1c2ccccc2c2cc(/C=C(/C#N)C(=O)O)ccc21)C(=O)O. The highest BCUT2D eigenvalue weighted by molar-refractivity contribution is 6.10. The molecule has 2 aromatic heterocycles. The molecule has 0 unspecified atom stereocenters. The van der Waals surface area contributed by atoms with E-state index in [0.29, 0.717) is 11.1 Å². The summed E-state index contributed by atoms with van der Waals surface area (Å²) in [7, 11) is 0. The third-order valence-electron chi connectivity index (χ3n) is 8.43. The fourth-order valence-electron chi connectivity index (χ4n) is 6.31. The molecule has 0 aliphatic heterocycles. The van der Waals surface area contributed by atoms with Gasteiger partial charge in [-0.2, -0.15) is 10.5 Å². The van der Waals surface area contributed by atoms with Gasteiger partial charge in [-0.25, -0.2) is 9.59 Å². The number of aryl methyl sites for hydroxylation is 2. The maximum Gasteiger partial charge on any atom is 0.346 e. The van der Waals surface area contributed by atoms with Gasteiger partial charge in [0.05, 0.1) is 0 Å². The van der Waals surface area contributed by atoms with E-state index in [-0.39, 0.29) is 11.1 Å². The Hall–Kier alpha value is -6.12. The molecule has 2 heterocycles. The van der Waals surface area contributed by atoms with E-state index in [0.717, 1.165) is 82.4 Å². The molecule has 8 heteroatoms. The normalized spacial score (nSPS) is 12.1. The van der Waals surface area contributed by atoms with Crippen molar-refractivity contribution in [2.24, 2.45) is 0 Å². The number of nitrogens with zero attached hydrogens (tertiary/aromatic N) is 4. The summed E-state index contributed by atoms with van der Waals surface area (Å²) in [6.45, 7) is 1.70. The van der Waals surface area contributed by atoms with Crippen molar-refractivity contribution in [2.75, 3.05) is 0 Å². The number of unbranched alkanes of at least 4 members (excludes halogenated alkanes) is 3. The number of benzene rings is 4. The Morgan fingerprint density at radius 1 is 0.565 bits per heavy atom. The lowest BCUT2D eigenvalue weighted by Crippen LogP contribution is -2.00. The summed E-state index contributed by atoms with van der Waals surface area (Å²) in [4.78, 5) is 22.7. The predicted octanol–water partition coefficient (Wildman–Crippen LogP) is 8.15. The molecule has 4 aromatic carbocycles. The topological polar surface area (TPSA) is 132 Å². The lowest BCUT2D eigenvalue weighted by molar-refractivity contribution is -0.133. The van der Waals surface area contributed by atoms with Gasteiger partial charge >= 0.3 is 11.9 Å². The highest BCUT2D eigenvalue weighted by Gasteiger charge is 2.14. The van der Waals surface area contributed by atoms with Crippen LogP contribution in [0, 0.1) is 22.7 Å². The molecule has 0 fully saturated rings. The van der Waals surface area contributed by atoms with Crippen molar-refractivity contribution in [2.45, 2.75) is 38.8 Å². The molecule has 226 valence electrons. The molecule has 6 aromatic rings. The molecular formula is C38H30N4O4. The smallest absolute Gasteiger partial charge is 0.346 e. The third kappa shape index (κ3) is 5.72. The monoisotopic (exact) mass is 606 g/mol. The van der Waals surface area contributed by atoms with E-state index >= 15 is 0 Å². The van der Waals surface area contributed by atoms with Gasteiger partial charge in [-0.1, -0.05) is 61.4 Å². The second-order valence-corrected chi connectivity index (χ2v) is 11.3. The number of nitriles is 2. The average Bonchev–Trinajstić information content (AvgIpc) is 3.55. The Morgan fingerprint density at radius 3 is 1.35 bits per heavy atom. The number of carboxylic acids is 2. The van der Waals surface area contributed by atoms with E-state index in [2.05, 4.69) is 33.4 Å². The number of carbonyl (C=O) groups is 2. The first-order chi connectivity index (χ1) is 22.4. The van der Waals surface area contributed by atoms with Crippen molar-refractivity contribution in [3.63, 3.8) is 0 Å². The van der Waals surface area contributed by atoms with Crippen LogP contribution in [-0.4, -0.2) is 31.3 Å². The lowest BCUT2D eigenvalue weighted by atomic mass is 10.1. The Balaban J connectivity index is 1.16. The fourth-order valence-corrected chi connectivity index (χ4v) is 6.31. The molecule has 0 bridgehead atoms. The molecule has 0 atom stereocenters. The zero-order valence-corrected chi connectivity index (χ0v) is 25.0. The van der Waals surface area contributed by atoms with Gasteiger partial charge in [0, 0.05) is 56.7 Å². The van der Waals surface area contributed by atoms with Gasteiger partial charge in [0.15, 0.2) is 0 Å². The lowest BCUT2D eigenvalue weighted by Gasteiger charge is -2.10. The van der Waals surface area contributed by atoms with Gasteiger partial charge in [-0.15, -0.1) is 0 Å². The maximum absolute atomic E-state index is 11.3. The number of carboxylic acid groups (broad SMARTS) is 2. The minimum absolute atomic E-state index is 0.296. The van der Waals surface area contributed by atoms with Crippen LogP contribution in [0.25, 0.3) is 55.8 Å². The van der Waals surface area contributed by atoms with Crippen LogP contribution in [0.4, 0.5) is 0 Å². The Labute approximate surface area is 264 Å². The van der Waals surface area contributed by atoms with Crippen LogP contribution in [0.15, 0.2) is 96.1 Å². The van der Waals surface area contributed by atoms with E-state index in [1.165, 1.54) is 12.2 Å². The maximum atomic E-state index is 11.3. The van der Waals surface area contributed by atoms with Crippen LogP contribution < -0.4 is 0 Å². The van der Waals surface area contributed by atoms with Gasteiger partial charge < -0.3 is 19.3 Å². The van der Waals surface area contributed by atoms with Gasteiger partial charge in [-0.3, -0.25) is 0 Å². The van der Waals surface area contributed by atoms with Crippen LogP contribution in [0.5, 0.6) is 0 Å². The number of hydrogen-bond acceptors (Lipinski definition) is 4. The largest absolute Gasteiger partial charge is 0.477 e. The molecule has 8 nitrogen and oxygen atoms in total. The molecule has 0 aliphatic carbocycles. The van der Waals surface area contributed by atoms with Crippen LogP contribution >= 0.6 is 0 Å². The number of fused-ring (bicyclic) bond motifs is 6. The molecule has 0 saturated heterocycles. The summed E-state index contributed by atoms with van der Waals surface area (Å²) in [6.07, 6.45) is 6.92. The van der Waals surface area contributed by atoms with E-state index in [1.807, 2.05) is 60.7 Å². The minimum atomic E-state index is -1.24. The van der Waals surface area contributed by atoms with Crippen LogP contribution in [0.3, 0.4) is 0 Å². The number of aromatic nitrogens is 2. The van der Waals surface area contributed by atoms with Gasteiger partial charge in [0.25, 0.3) is 0 Å². The summed E-state index contributed by atoms with van der Waals surface area (Å²) in [5.74, 6) is -2.48. The molecule has 0 aliphatic rings. The Kier molecular flexibility index (Phi) is 8.36. The summed E-state index contributed by atoms with van der Waals surface area (Å²) >= 11 is 0. The zero-order valence-electron chi connectivity index (χ0n) is 25.0. The Morgan fingerprint density at radius 2 is 0.957 bits per heavy atom. The number of para-hydroxylation sites is 2. The second kappa shape index (κ2) is 12.9. The molecule has 6 rings (SSSR count). The third-order valence-corrected chi connectivity index (χ3v) is 8.43. The molecule has 0 saturated carbocycles. The first-order valence-corrected chi connectivity index (χ1v) is 15.1. The zero-order chi connectivity index (χ0) is 32.2. The van der Waals surface area contributed by atoms with Crippen molar-refractivity contribution >= 4 is 67.7 Å². The van der Waals surface area contributed by atoms with Crippen molar-refractivity contribution in [3.8, 4) is 12.1 Å². The molecule has 0 amide bonds. The first-order valence-electron chi connectivity index (χ1n) is 15.1. The Bertz CT molecular complexity index is 2140. The van der Waals surface area contributed by atoms with Crippen molar-refractivity contribution in [3.05, 3.63) is 107 Å². The molecule has 2 N–H and O–H groups in total. The second-order valence-electron chi connectivity index (χ2n) is 11.3.